The molecule has 1 aromatic carbocycles. The Bertz CT molecular complexity index is 567. The second-order valence-electron chi connectivity index (χ2n) is 6.21. The van der Waals surface area contributed by atoms with Crippen molar-refractivity contribution in [2.75, 3.05) is 5.32 Å². The molecule has 1 N–H and O–H groups in total. The van der Waals surface area contributed by atoms with Crippen LogP contribution < -0.4 is 10.1 Å². The maximum atomic E-state index is 12.2. The van der Waals surface area contributed by atoms with E-state index < -0.39 is 6.61 Å². The first-order chi connectivity index (χ1) is 10.5. The Morgan fingerprint density at radius 1 is 1.36 bits per heavy atom. The molecule has 22 heavy (non-hydrogen) atoms. The van der Waals surface area contributed by atoms with E-state index in [0.29, 0.717) is 23.9 Å². The van der Waals surface area contributed by atoms with Crippen LogP contribution in [0.1, 0.15) is 32.1 Å². The van der Waals surface area contributed by atoms with Gasteiger partial charge in [-0.1, -0.05) is 18.0 Å². The van der Waals surface area contributed by atoms with Gasteiger partial charge in [-0.25, -0.2) is 0 Å². The largest absolute Gasteiger partial charge is 0.433 e. The predicted octanol–water partition coefficient (Wildman–Crippen LogP) is 4.71. The number of alkyl halides is 2. The van der Waals surface area contributed by atoms with E-state index in [9.17, 15) is 13.6 Å². The summed E-state index contributed by atoms with van der Waals surface area (Å²) < 4.78 is 28.6. The van der Waals surface area contributed by atoms with Gasteiger partial charge >= 0.3 is 6.61 Å². The maximum Gasteiger partial charge on any atom is 0.387 e. The van der Waals surface area contributed by atoms with Crippen molar-refractivity contribution < 1.29 is 18.3 Å². The molecule has 3 atom stereocenters. The van der Waals surface area contributed by atoms with Crippen LogP contribution in [0.3, 0.4) is 0 Å². The number of hydrogen-bond acceptors (Lipinski definition) is 2. The Hall–Kier alpha value is -1.36. The van der Waals surface area contributed by atoms with E-state index in [0.717, 1.165) is 12.3 Å². The lowest BCUT2D eigenvalue weighted by Crippen LogP contribution is -2.20. The second kappa shape index (κ2) is 6.41. The number of amides is 1. The molecule has 1 amide bonds. The number of ether oxygens (including phenoxy) is 1. The van der Waals surface area contributed by atoms with E-state index in [1.165, 1.54) is 37.5 Å². The minimum Gasteiger partial charge on any atom is -0.433 e. The van der Waals surface area contributed by atoms with E-state index in [4.69, 9.17) is 11.6 Å². The minimum atomic E-state index is -2.92. The van der Waals surface area contributed by atoms with Crippen LogP contribution in [0.5, 0.6) is 5.75 Å². The van der Waals surface area contributed by atoms with Gasteiger partial charge in [0.15, 0.2) is 0 Å². The van der Waals surface area contributed by atoms with Crippen LogP contribution in [0, 0.1) is 17.8 Å². The number of halogens is 3. The summed E-state index contributed by atoms with van der Waals surface area (Å²) in [5.74, 6) is 1.85. The van der Waals surface area contributed by atoms with E-state index in [1.807, 2.05) is 0 Å². The standard InChI is InChI=1S/C16H18ClF2NO2/c17-13-8-12(3-4-14(13)22-16(18)19)20-15(21)7-11-6-9-1-2-10(11)5-9/h3-4,8-11,16H,1-2,5-7H2,(H,20,21)/t9-,10-,11+/m1/s1. The zero-order valence-electron chi connectivity index (χ0n) is 12.0. The van der Waals surface area contributed by atoms with Gasteiger partial charge < -0.3 is 10.1 Å². The number of benzene rings is 1. The van der Waals surface area contributed by atoms with Gasteiger partial charge in [0.05, 0.1) is 5.02 Å². The van der Waals surface area contributed by atoms with Gasteiger partial charge in [0.1, 0.15) is 5.75 Å². The third-order valence-electron chi connectivity index (χ3n) is 4.76. The summed E-state index contributed by atoms with van der Waals surface area (Å²) >= 11 is 5.87. The number of fused-ring (bicyclic) bond motifs is 2. The normalized spacial score (nSPS) is 26.5. The summed E-state index contributed by atoms with van der Waals surface area (Å²) in [7, 11) is 0. The fourth-order valence-electron chi connectivity index (χ4n) is 3.85. The first-order valence-electron chi connectivity index (χ1n) is 7.55. The Labute approximate surface area is 133 Å². The molecular formula is C16H18ClF2NO2. The zero-order chi connectivity index (χ0) is 15.7. The first kappa shape index (κ1) is 15.5. The highest BCUT2D eigenvalue weighted by Gasteiger charge is 2.40. The van der Waals surface area contributed by atoms with Gasteiger partial charge in [-0.05, 0) is 55.2 Å². The first-order valence-corrected chi connectivity index (χ1v) is 7.93. The van der Waals surface area contributed by atoms with Crippen LogP contribution >= 0.6 is 11.6 Å². The molecule has 0 aliphatic heterocycles. The lowest BCUT2D eigenvalue weighted by Gasteiger charge is -2.21. The summed E-state index contributed by atoms with van der Waals surface area (Å²) in [6.07, 6.45) is 5.50. The van der Waals surface area contributed by atoms with Gasteiger partial charge in [-0.15, -0.1) is 0 Å². The van der Waals surface area contributed by atoms with Crippen molar-refractivity contribution in [3.05, 3.63) is 23.2 Å². The third-order valence-corrected chi connectivity index (χ3v) is 5.06. The average Bonchev–Trinajstić information content (AvgIpc) is 3.03. The zero-order valence-corrected chi connectivity index (χ0v) is 12.8. The Morgan fingerprint density at radius 2 is 2.18 bits per heavy atom. The van der Waals surface area contributed by atoms with Crippen molar-refractivity contribution in [2.45, 2.75) is 38.7 Å². The van der Waals surface area contributed by atoms with Gasteiger partial charge in [-0.3, -0.25) is 4.79 Å². The fraction of sp³-hybridized carbons (Fsp3) is 0.562. The summed E-state index contributed by atoms with van der Waals surface area (Å²) in [6, 6.07) is 4.28. The van der Waals surface area contributed by atoms with E-state index >= 15 is 0 Å². The van der Waals surface area contributed by atoms with Crippen molar-refractivity contribution in [2.24, 2.45) is 17.8 Å². The molecule has 0 heterocycles. The summed E-state index contributed by atoms with van der Waals surface area (Å²) in [5, 5.41) is 2.84. The van der Waals surface area contributed by atoms with Crippen LogP contribution in [0.15, 0.2) is 18.2 Å². The Balaban J connectivity index is 1.56. The number of hydrogen-bond donors (Lipinski definition) is 1. The molecule has 2 bridgehead atoms. The molecule has 2 saturated carbocycles. The summed E-state index contributed by atoms with van der Waals surface area (Å²) in [5.41, 5.74) is 0.500. The van der Waals surface area contributed by atoms with Crippen LogP contribution in [0.2, 0.25) is 5.02 Å². The predicted molar refractivity (Wildman–Crippen MR) is 80.3 cm³/mol. The van der Waals surface area contributed by atoms with Crippen LogP contribution in [0.4, 0.5) is 14.5 Å². The monoisotopic (exact) mass is 329 g/mol. The van der Waals surface area contributed by atoms with Crippen molar-refractivity contribution in [1.82, 2.24) is 0 Å². The highest BCUT2D eigenvalue weighted by molar-refractivity contribution is 6.32. The SMILES string of the molecule is O=C(C[C@@H]1C[C@@H]2CC[C@@H]1C2)Nc1ccc(OC(F)F)c(Cl)c1. The van der Waals surface area contributed by atoms with Gasteiger partial charge in [0, 0.05) is 12.1 Å². The molecular weight excluding hydrogens is 312 g/mol. The Kier molecular flexibility index (Phi) is 4.52. The fourth-order valence-corrected chi connectivity index (χ4v) is 4.07. The van der Waals surface area contributed by atoms with E-state index in [-0.39, 0.29) is 16.7 Å². The number of rotatable bonds is 5. The molecule has 0 radical (unpaired) electrons. The molecule has 2 aliphatic carbocycles. The number of carbonyl (C=O) groups excluding carboxylic acids is 1. The highest BCUT2D eigenvalue weighted by atomic mass is 35.5. The Morgan fingerprint density at radius 3 is 2.77 bits per heavy atom. The molecule has 3 nitrogen and oxygen atoms in total. The summed E-state index contributed by atoms with van der Waals surface area (Å²) in [4.78, 5) is 12.1. The minimum absolute atomic E-state index is 0.0452. The summed E-state index contributed by atoms with van der Waals surface area (Å²) in [6.45, 7) is -2.92. The molecule has 2 aliphatic rings. The molecule has 6 heteroatoms. The maximum absolute atomic E-state index is 12.2. The molecule has 0 unspecified atom stereocenters. The van der Waals surface area contributed by atoms with Crippen molar-refractivity contribution in [1.29, 1.82) is 0 Å². The third kappa shape index (κ3) is 3.51. The number of carbonyl (C=O) groups is 1. The van der Waals surface area contributed by atoms with E-state index in [1.54, 1.807) is 0 Å². The van der Waals surface area contributed by atoms with Crippen LogP contribution in [-0.2, 0) is 4.79 Å². The molecule has 0 spiro atoms. The average molecular weight is 330 g/mol. The van der Waals surface area contributed by atoms with Crippen molar-refractivity contribution in [3.63, 3.8) is 0 Å². The van der Waals surface area contributed by atoms with Crippen molar-refractivity contribution in [3.8, 4) is 5.75 Å². The quantitative estimate of drug-likeness (QED) is 0.849. The molecule has 2 fully saturated rings. The second-order valence-corrected chi connectivity index (χ2v) is 6.62. The van der Waals surface area contributed by atoms with Crippen LogP contribution in [0.25, 0.3) is 0 Å². The van der Waals surface area contributed by atoms with Gasteiger partial charge in [-0.2, -0.15) is 8.78 Å². The van der Waals surface area contributed by atoms with Crippen LogP contribution in [-0.4, -0.2) is 12.5 Å². The van der Waals surface area contributed by atoms with Crippen molar-refractivity contribution >= 4 is 23.2 Å². The number of nitrogens with one attached hydrogen (secondary N) is 1. The topological polar surface area (TPSA) is 38.3 Å². The van der Waals surface area contributed by atoms with E-state index in [2.05, 4.69) is 10.1 Å². The smallest absolute Gasteiger partial charge is 0.387 e. The molecule has 120 valence electrons. The molecule has 0 aromatic heterocycles. The lowest BCUT2D eigenvalue weighted by molar-refractivity contribution is -0.117. The molecule has 3 rings (SSSR count). The van der Waals surface area contributed by atoms with Gasteiger partial charge in [0.25, 0.3) is 0 Å². The van der Waals surface area contributed by atoms with Gasteiger partial charge in [0.2, 0.25) is 5.91 Å². The molecule has 1 aromatic rings. The molecule has 0 saturated heterocycles. The number of anilines is 1. The highest BCUT2D eigenvalue weighted by Crippen LogP contribution is 2.49. The lowest BCUT2D eigenvalue weighted by atomic mass is 9.86.